The highest BCUT2D eigenvalue weighted by atomic mass is 19.1. The van der Waals surface area contributed by atoms with Crippen molar-refractivity contribution in [2.45, 2.75) is 13.1 Å². The zero-order chi connectivity index (χ0) is 14.5. The van der Waals surface area contributed by atoms with Crippen LogP contribution in [0.3, 0.4) is 0 Å². The lowest BCUT2D eigenvalue weighted by atomic mass is 10.1. The molecule has 0 saturated carbocycles. The normalized spacial score (nSPS) is 10.7. The van der Waals surface area contributed by atoms with Crippen LogP contribution < -0.4 is 5.32 Å². The summed E-state index contributed by atoms with van der Waals surface area (Å²) in [6, 6.07) is 17.0. The van der Waals surface area contributed by atoms with Gasteiger partial charge in [0, 0.05) is 24.8 Å². The summed E-state index contributed by atoms with van der Waals surface area (Å²) in [5.41, 5.74) is 3.95. The lowest BCUT2D eigenvalue weighted by Gasteiger charge is -2.07. The third-order valence-electron chi connectivity index (χ3n) is 3.37. The molecule has 3 nitrogen and oxygen atoms in total. The van der Waals surface area contributed by atoms with Crippen molar-refractivity contribution in [1.82, 2.24) is 15.5 Å². The fourth-order valence-corrected chi connectivity index (χ4v) is 2.20. The Morgan fingerprint density at radius 3 is 2.48 bits per heavy atom. The van der Waals surface area contributed by atoms with Crippen molar-refractivity contribution in [2.24, 2.45) is 0 Å². The second-order valence-corrected chi connectivity index (χ2v) is 4.86. The second kappa shape index (κ2) is 6.33. The molecule has 3 rings (SSSR count). The topological polar surface area (TPSA) is 40.7 Å². The standard InChI is InChI=1S/C17H16FN3/c18-16-4-2-1-3-15(16)12-19-11-13-5-7-14(8-6-13)17-9-10-20-21-17/h1-10,19H,11-12H2,(H,20,21). The number of nitrogens with one attached hydrogen (secondary N) is 2. The molecule has 0 aliphatic rings. The van der Waals surface area contributed by atoms with E-state index >= 15 is 0 Å². The number of rotatable bonds is 5. The number of H-pyrrole nitrogens is 1. The summed E-state index contributed by atoms with van der Waals surface area (Å²) in [4.78, 5) is 0. The average Bonchev–Trinajstić information content (AvgIpc) is 3.04. The lowest BCUT2D eigenvalue weighted by molar-refractivity contribution is 0.588. The molecule has 4 heteroatoms. The van der Waals surface area contributed by atoms with Crippen molar-refractivity contribution in [3.8, 4) is 11.3 Å². The van der Waals surface area contributed by atoms with Crippen molar-refractivity contribution in [1.29, 1.82) is 0 Å². The summed E-state index contributed by atoms with van der Waals surface area (Å²) < 4.78 is 13.5. The first-order chi connectivity index (χ1) is 10.3. The number of hydrogen-bond donors (Lipinski definition) is 2. The van der Waals surface area contributed by atoms with Gasteiger partial charge in [0.1, 0.15) is 5.82 Å². The molecule has 3 aromatic rings. The Kier molecular flexibility index (Phi) is 4.07. The summed E-state index contributed by atoms with van der Waals surface area (Å²) in [6.45, 7) is 1.23. The van der Waals surface area contributed by atoms with Gasteiger partial charge in [-0.15, -0.1) is 0 Å². The summed E-state index contributed by atoms with van der Waals surface area (Å²) in [6.07, 6.45) is 1.74. The number of halogens is 1. The van der Waals surface area contributed by atoms with Crippen LogP contribution in [-0.2, 0) is 13.1 Å². The zero-order valence-corrected chi connectivity index (χ0v) is 11.5. The summed E-state index contributed by atoms with van der Waals surface area (Å²) in [5, 5.41) is 10.1. The predicted molar refractivity (Wildman–Crippen MR) is 81.0 cm³/mol. The molecule has 2 aromatic carbocycles. The number of aromatic nitrogens is 2. The van der Waals surface area contributed by atoms with Gasteiger partial charge in [-0.2, -0.15) is 5.10 Å². The minimum atomic E-state index is -0.167. The maximum Gasteiger partial charge on any atom is 0.127 e. The third kappa shape index (κ3) is 3.35. The maximum absolute atomic E-state index is 13.5. The van der Waals surface area contributed by atoms with Crippen LogP contribution in [0.5, 0.6) is 0 Å². The van der Waals surface area contributed by atoms with Crippen molar-refractivity contribution in [3.05, 3.63) is 77.7 Å². The van der Waals surface area contributed by atoms with E-state index in [4.69, 9.17) is 0 Å². The number of nitrogens with zero attached hydrogens (tertiary/aromatic N) is 1. The minimum absolute atomic E-state index is 0.167. The Balaban J connectivity index is 1.58. The van der Waals surface area contributed by atoms with Crippen molar-refractivity contribution < 1.29 is 4.39 Å². The highest BCUT2D eigenvalue weighted by Crippen LogP contribution is 2.16. The van der Waals surface area contributed by atoms with E-state index in [-0.39, 0.29) is 5.82 Å². The first-order valence-electron chi connectivity index (χ1n) is 6.86. The molecule has 0 fully saturated rings. The average molecular weight is 281 g/mol. The Morgan fingerprint density at radius 1 is 0.952 bits per heavy atom. The quantitative estimate of drug-likeness (QED) is 0.751. The van der Waals surface area contributed by atoms with Gasteiger partial charge in [0.15, 0.2) is 0 Å². The monoisotopic (exact) mass is 281 g/mol. The molecule has 1 heterocycles. The molecule has 0 aliphatic heterocycles. The molecule has 0 saturated heterocycles. The van der Waals surface area contributed by atoms with Crippen LogP contribution in [0.4, 0.5) is 4.39 Å². The van der Waals surface area contributed by atoms with Gasteiger partial charge >= 0.3 is 0 Å². The number of benzene rings is 2. The molecule has 106 valence electrons. The molecule has 0 atom stereocenters. The van der Waals surface area contributed by atoms with Crippen LogP contribution in [0.1, 0.15) is 11.1 Å². The van der Waals surface area contributed by atoms with Gasteiger partial charge in [-0.05, 0) is 23.3 Å². The first-order valence-corrected chi connectivity index (χ1v) is 6.86. The number of aromatic amines is 1. The maximum atomic E-state index is 13.5. The largest absolute Gasteiger partial charge is 0.309 e. The SMILES string of the molecule is Fc1ccccc1CNCc1ccc(-c2ccn[nH]2)cc1. The van der Waals surface area contributed by atoms with Crippen molar-refractivity contribution >= 4 is 0 Å². The fraction of sp³-hybridized carbons (Fsp3) is 0.118. The molecule has 1 aromatic heterocycles. The van der Waals surface area contributed by atoms with Gasteiger partial charge in [0.05, 0.1) is 5.69 Å². The smallest absolute Gasteiger partial charge is 0.127 e. The van der Waals surface area contributed by atoms with Gasteiger partial charge in [0.2, 0.25) is 0 Å². The highest BCUT2D eigenvalue weighted by molar-refractivity contribution is 5.58. The Labute approximate surface area is 122 Å². The van der Waals surface area contributed by atoms with E-state index < -0.39 is 0 Å². The van der Waals surface area contributed by atoms with Gasteiger partial charge < -0.3 is 5.32 Å². The van der Waals surface area contributed by atoms with E-state index in [9.17, 15) is 4.39 Å². The molecule has 0 bridgehead atoms. The summed E-state index contributed by atoms with van der Waals surface area (Å²) in [7, 11) is 0. The van der Waals surface area contributed by atoms with Crippen molar-refractivity contribution in [2.75, 3.05) is 0 Å². The zero-order valence-electron chi connectivity index (χ0n) is 11.5. The Hall–Kier alpha value is -2.46. The van der Waals surface area contributed by atoms with E-state index in [1.54, 1.807) is 18.3 Å². The molecule has 21 heavy (non-hydrogen) atoms. The van der Waals surface area contributed by atoms with Gasteiger partial charge in [-0.25, -0.2) is 4.39 Å². The van der Waals surface area contributed by atoms with E-state index in [0.29, 0.717) is 18.7 Å². The van der Waals surface area contributed by atoms with Crippen LogP contribution >= 0.6 is 0 Å². The van der Waals surface area contributed by atoms with Crippen LogP contribution in [0.15, 0.2) is 60.8 Å². The van der Waals surface area contributed by atoms with Crippen LogP contribution in [0.2, 0.25) is 0 Å². The molecule has 0 radical (unpaired) electrons. The van der Waals surface area contributed by atoms with Gasteiger partial charge in [0.25, 0.3) is 0 Å². The fourth-order valence-electron chi connectivity index (χ4n) is 2.20. The van der Waals surface area contributed by atoms with Crippen LogP contribution in [-0.4, -0.2) is 10.2 Å². The molecule has 0 spiro atoms. The molecule has 0 amide bonds. The summed E-state index contributed by atoms with van der Waals surface area (Å²) >= 11 is 0. The van der Waals surface area contributed by atoms with E-state index in [2.05, 4.69) is 27.6 Å². The van der Waals surface area contributed by atoms with Crippen LogP contribution in [0, 0.1) is 5.82 Å². The van der Waals surface area contributed by atoms with E-state index in [1.165, 1.54) is 6.07 Å². The Morgan fingerprint density at radius 2 is 1.76 bits per heavy atom. The molecule has 0 aliphatic carbocycles. The Bertz CT molecular complexity index is 690. The van der Waals surface area contributed by atoms with Gasteiger partial charge in [-0.3, -0.25) is 5.10 Å². The second-order valence-electron chi connectivity index (χ2n) is 4.86. The third-order valence-corrected chi connectivity index (χ3v) is 3.37. The highest BCUT2D eigenvalue weighted by Gasteiger charge is 2.01. The van der Waals surface area contributed by atoms with Gasteiger partial charge in [-0.1, -0.05) is 42.5 Å². The minimum Gasteiger partial charge on any atom is -0.309 e. The lowest BCUT2D eigenvalue weighted by Crippen LogP contribution is -2.13. The van der Waals surface area contributed by atoms with E-state index in [0.717, 1.165) is 16.8 Å². The molecule has 0 unspecified atom stereocenters. The molecular formula is C17H16FN3. The molecule has 2 N–H and O–H groups in total. The first kappa shape index (κ1) is 13.5. The predicted octanol–water partition coefficient (Wildman–Crippen LogP) is 3.51. The van der Waals surface area contributed by atoms with E-state index in [1.807, 2.05) is 24.3 Å². The summed E-state index contributed by atoms with van der Waals surface area (Å²) in [5.74, 6) is -0.167. The molecular weight excluding hydrogens is 265 g/mol. The van der Waals surface area contributed by atoms with Crippen molar-refractivity contribution in [3.63, 3.8) is 0 Å². The van der Waals surface area contributed by atoms with Crippen LogP contribution in [0.25, 0.3) is 11.3 Å². The number of hydrogen-bond acceptors (Lipinski definition) is 2.